The highest BCUT2D eigenvalue weighted by Crippen LogP contribution is 2.17. The zero-order valence-corrected chi connectivity index (χ0v) is 12.9. The van der Waals surface area contributed by atoms with E-state index in [0.717, 1.165) is 0 Å². The fraction of sp³-hybridized carbons (Fsp3) is 0.312. The lowest BCUT2D eigenvalue weighted by Crippen LogP contribution is -2.40. The van der Waals surface area contributed by atoms with Crippen molar-refractivity contribution in [3.63, 3.8) is 0 Å². The van der Waals surface area contributed by atoms with Crippen molar-refractivity contribution in [2.24, 2.45) is 0 Å². The minimum absolute atomic E-state index is 0.0479. The standard InChI is InChI=1S/C16H19N3O3/c1-4-19(11(2)3)16(21)18-13-7-8-14(22-15(13)20)12-6-5-9-17-10-12/h5-11H,4H2,1-3H3,(H,18,21). The maximum atomic E-state index is 12.1. The van der Waals surface area contributed by atoms with Gasteiger partial charge < -0.3 is 14.6 Å². The van der Waals surface area contributed by atoms with Crippen LogP contribution in [-0.4, -0.2) is 28.5 Å². The van der Waals surface area contributed by atoms with E-state index in [1.54, 1.807) is 41.6 Å². The Hall–Kier alpha value is -2.63. The van der Waals surface area contributed by atoms with Gasteiger partial charge in [-0.25, -0.2) is 9.59 Å². The maximum Gasteiger partial charge on any atom is 0.360 e. The van der Waals surface area contributed by atoms with Gasteiger partial charge in [0.2, 0.25) is 0 Å². The average molecular weight is 301 g/mol. The molecule has 6 heteroatoms. The molecule has 6 nitrogen and oxygen atoms in total. The number of nitrogens with one attached hydrogen (secondary N) is 1. The van der Waals surface area contributed by atoms with E-state index in [4.69, 9.17) is 4.42 Å². The lowest BCUT2D eigenvalue weighted by Gasteiger charge is -2.25. The molecule has 0 unspecified atom stereocenters. The third-order valence-corrected chi connectivity index (χ3v) is 3.24. The van der Waals surface area contributed by atoms with Crippen molar-refractivity contribution < 1.29 is 9.21 Å². The number of rotatable bonds is 4. The van der Waals surface area contributed by atoms with E-state index in [2.05, 4.69) is 10.3 Å². The number of hydrogen-bond donors (Lipinski definition) is 1. The van der Waals surface area contributed by atoms with Crippen LogP contribution in [0.3, 0.4) is 0 Å². The first kappa shape index (κ1) is 15.8. The monoisotopic (exact) mass is 301 g/mol. The highest BCUT2D eigenvalue weighted by molar-refractivity contribution is 5.89. The molecular weight excluding hydrogens is 282 g/mol. The van der Waals surface area contributed by atoms with E-state index in [9.17, 15) is 9.59 Å². The highest BCUT2D eigenvalue weighted by atomic mass is 16.4. The normalized spacial score (nSPS) is 10.5. The van der Waals surface area contributed by atoms with Crippen molar-refractivity contribution in [2.45, 2.75) is 26.8 Å². The fourth-order valence-corrected chi connectivity index (χ4v) is 2.10. The fourth-order valence-electron chi connectivity index (χ4n) is 2.10. The molecular formula is C16H19N3O3. The maximum absolute atomic E-state index is 12.1. The SMILES string of the molecule is CCN(C(=O)Nc1ccc(-c2cccnc2)oc1=O)C(C)C. The summed E-state index contributed by atoms with van der Waals surface area (Å²) in [5.74, 6) is 0.410. The molecule has 0 fully saturated rings. The molecule has 0 bridgehead atoms. The molecule has 2 amide bonds. The zero-order chi connectivity index (χ0) is 16.1. The van der Waals surface area contributed by atoms with Gasteiger partial charge in [-0.15, -0.1) is 0 Å². The number of aromatic nitrogens is 1. The predicted molar refractivity (Wildman–Crippen MR) is 84.7 cm³/mol. The van der Waals surface area contributed by atoms with Gasteiger partial charge in [-0.05, 0) is 45.0 Å². The Morgan fingerprint density at radius 1 is 1.36 bits per heavy atom. The minimum Gasteiger partial charge on any atom is -0.421 e. The summed E-state index contributed by atoms with van der Waals surface area (Å²) in [4.78, 5) is 29.7. The van der Waals surface area contributed by atoms with E-state index >= 15 is 0 Å². The molecule has 1 N–H and O–H groups in total. The molecule has 0 aromatic carbocycles. The Balaban J connectivity index is 2.21. The third kappa shape index (κ3) is 3.52. The van der Waals surface area contributed by atoms with Crippen molar-refractivity contribution in [3.05, 3.63) is 47.1 Å². The molecule has 2 rings (SSSR count). The number of urea groups is 1. The van der Waals surface area contributed by atoms with Crippen LogP contribution in [0.15, 0.2) is 45.9 Å². The number of anilines is 1. The molecule has 0 spiro atoms. The van der Waals surface area contributed by atoms with Gasteiger partial charge in [0, 0.05) is 30.5 Å². The second kappa shape index (κ2) is 6.89. The summed E-state index contributed by atoms with van der Waals surface area (Å²) in [5.41, 5.74) is 0.237. The first-order valence-electron chi connectivity index (χ1n) is 7.15. The van der Waals surface area contributed by atoms with E-state index in [1.807, 2.05) is 20.8 Å². The van der Waals surface area contributed by atoms with Crippen LogP contribution < -0.4 is 10.9 Å². The van der Waals surface area contributed by atoms with Gasteiger partial charge >= 0.3 is 11.7 Å². The Bertz CT molecular complexity index is 695. The van der Waals surface area contributed by atoms with Gasteiger partial charge in [-0.2, -0.15) is 0 Å². The van der Waals surface area contributed by atoms with E-state index in [1.165, 1.54) is 0 Å². The van der Waals surface area contributed by atoms with Crippen molar-refractivity contribution in [1.29, 1.82) is 0 Å². The van der Waals surface area contributed by atoms with Gasteiger partial charge in [0.15, 0.2) is 0 Å². The summed E-state index contributed by atoms with van der Waals surface area (Å²) in [7, 11) is 0. The molecule has 0 saturated heterocycles. The van der Waals surface area contributed by atoms with Crippen LogP contribution >= 0.6 is 0 Å². The Kier molecular flexibility index (Phi) is 4.93. The van der Waals surface area contributed by atoms with Crippen LogP contribution in [0.4, 0.5) is 10.5 Å². The molecule has 0 radical (unpaired) electrons. The first-order chi connectivity index (χ1) is 10.5. The molecule has 0 aliphatic heterocycles. The van der Waals surface area contributed by atoms with Crippen LogP contribution in [-0.2, 0) is 0 Å². The molecule has 0 saturated carbocycles. The molecule has 2 aromatic heterocycles. The van der Waals surface area contributed by atoms with Crippen LogP contribution in [0.2, 0.25) is 0 Å². The predicted octanol–water partition coefficient (Wildman–Crippen LogP) is 2.96. The van der Waals surface area contributed by atoms with E-state index < -0.39 is 5.63 Å². The molecule has 0 atom stereocenters. The number of nitrogens with zero attached hydrogens (tertiary/aromatic N) is 2. The van der Waals surface area contributed by atoms with E-state index in [0.29, 0.717) is 17.9 Å². The zero-order valence-electron chi connectivity index (χ0n) is 12.9. The smallest absolute Gasteiger partial charge is 0.360 e. The lowest BCUT2D eigenvalue weighted by atomic mass is 10.2. The number of carbonyl (C=O) groups is 1. The number of pyridine rings is 1. The molecule has 2 heterocycles. The van der Waals surface area contributed by atoms with Gasteiger partial charge in [0.25, 0.3) is 0 Å². The Morgan fingerprint density at radius 2 is 2.14 bits per heavy atom. The largest absolute Gasteiger partial charge is 0.421 e. The van der Waals surface area contributed by atoms with Crippen LogP contribution in [0.25, 0.3) is 11.3 Å². The van der Waals surface area contributed by atoms with Gasteiger partial charge in [-0.3, -0.25) is 4.98 Å². The van der Waals surface area contributed by atoms with Gasteiger partial charge in [0.05, 0.1) is 0 Å². The number of amides is 2. The minimum atomic E-state index is -0.588. The molecule has 0 aliphatic rings. The summed E-state index contributed by atoms with van der Waals surface area (Å²) >= 11 is 0. The third-order valence-electron chi connectivity index (χ3n) is 3.24. The molecule has 2 aromatic rings. The van der Waals surface area contributed by atoms with Crippen molar-refractivity contribution in [3.8, 4) is 11.3 Å². The number of carbonyl (C=O) groups excluding carboxylic acids is 1. The highest BCUT2D eigenvalue weighted by Gasteiger charge is 2.16. The summed E-state index contributed by atoms with van der Waals surface area (Å²) in [6, 6.07) is 6.46. The Morgan fingerprint density at radius 3 is 2.68 bits per heavy atom. The topological polar surface area (TPSA) is 75.4 Å². The van der Waals surface area contributed by atoms with Crippen LogP contribution in [0.5, 0.6) is 0 Å². The second-order valence-corrected chi connectivity index (χ2v) is 5.05. The Labute approximate surface area is 128 Å². The quantitative estimate of drug-likeness (QED) is 0.942. The van der Waals surface area contributed by atoms with E-state index in [-0.39, 0.29) is 17.8 Å². The van der Waals surface area contributed by atoms with Gasteiger partial charge in [-0.1, -0.05) is 0 Å². The van der Waals surface area contributed by atoms with Crippen LogP contribution in [0.1, 0.15) is 20.8 Å². The first-order valence-corrected chi connectivity index (χ1v) is 7.15. The summed E-state index contributed by atoms with van der Waals surface area (Å²) in [5, 5.41) is 2.59. The molecule has 0 aliphatic carbocycles. The molecule has 116 valence electrons. The summed E-state index contributed by atoms with van der Waals surface area (Å²) < 4.78 is 5.24. The van der Waals surface area contributed by atoms with Gasteiger partial charge in [0.1, 0.15) is 11.4 Å². The van der Waals surface area contributed by atoms with Crippen molar-refractivity contribution in [1.82, 2.24) is 9.88 Å². The lowest BCUT2D eigenvalue weighted by molar-refractivity contribution is 0.200. The average Bonchev–Trinajstić information content (AvgIpc) is 2.50. The molecule has 22 heavy (non-hydrogen) atoms. The second-order valence-electron chi connectivity index (χ2n) is 5.05. The van der Waals surface area contributed by atoms with Crippen molar-refractivity contribution >= 4 is 11.7 Å². The van der Waals surface area contributed by atoms with Crippen molar-refractivity contribution in [2.75, 3.05) is 11.9 Å². The van der Waals surface area contributed by atoms with Crippen LogP contribution in [0, 0.1) is 0 Å². The summed E-state index contributed by atoms with van der Waals surface area (Å²) in [6.07, 6.45) is 3.25. The number of hydrogen-bond acceptors (Lipinski definition) is 4. The summed E-state index contributed by atoms with van der Waals surface area (Å²) in [6.45, 7) is 6.27.